The van der Waals surface area contributed by atoms with Crippen LogP contribution >= 0.6 is 0 Å². The molecule has 1 aliphatic heterocycles. The van der Waals surface area contributed by atoms with E-state index in [-0.39, 0.29) is 17.9 Å². The first kappa shape index (κ1) is 22.5. The van der Waals surface area contributed by atoms with Crippen LogP contribution in [0.15, 0.2) is 73.1 Å². The van der Waals surface area contributed by atoms with Crippen molar-refractivity contribution in [1.29, 1.82) is 0 Å². The minimum atomic E-state index is -0.353. The van der Waals surface area contributed by atoms with Crippen molar-refractivity contribution in [2.45, 2.75) is 31.8 Å². The average molecular weight is 446 g/mol. The number of hydrogen-bond donors (Lipinski definition) is 1. The van der Waals surface area contributed by atoms with Gasteiger partial charge in [0, 0.05) is 18.4 Å². The number of rotatable bonds is 7. The van der Waals surface area contributed by atoms with Gasteiger partial charge in [-0.1, -0.05) is 18.6 Å². The fourth-order valence-electron chi connectivity index (χ4n) is 3.95. The molecule has 1 amide bonds. The maximum absolute atomic E-state index is 13.1. The molecule has 3 aromatic rings. The summed E-state index contributed by atoms with van der Waals surface area (Å²) in [6, 6.07) is 18.1. The molecule has 0 aliphatic carbocycles. The van der Waals surface area contributed by atoms with E-state index in [9.17, 15) is 9.59 Å². The van der Waals surface area contributed by atoms with Gasteiger partial charge in [0.15, 0.2) is 0 Å². The third kappa shape index (κ3) is 5.96. The van der Waals surface area contributed by atoms with E-state index in [1.54, 1.807) is 24.5 Å². The summed E-state index contributed by atoms with van der Waals surface area (Å²) in [5.41, 5.74) is 2.30. The van der Waals surface area contributed by atoms with E-state index in [4.69, 9.17) is 9.47 Å². The van der Waals surface area contributed by atoms with Gasteiger partial charge >= 0.3 is 5.97 Å². The molecule has 170 valence electrons. The van der Waals surface area contributed by atoms with Crippen molar-refractivity contribution in [2.24, 2.45) is 0 Å². The molecule has 0 spiro atoms. The van der Waals surface area contributed by atoms with E-state index in [1.807, 2.05) is 48.5 Å². The van der Waals surface area contributed by atoms with E-state index < -0.39 is 0 Å². The molecule has 2 heterocycles. The lowest BCUT2D eigenvalue weighted by molar-refractivity contribution is -0.122. The molecule has 1 saturated heterocycles. The van der Waals surface area contributed by atoms with Gasteiger partial charge in [0.2, 0.25) is 5.91 Å². The van der Waals surface area contributed by atoms with E-state index >= 15 is 0 Å². The zero-order valence-electron chi connectivity index (χ0n) is 18.6. The number of carbonyl (C=O) groups excluding carboxylic acids is 2. The molecule has 1 N–H and O–H groups in total. The molecule has 0 saturated carbocycles. The van der Waals surface area contributed by atoms with Gasteiger partial charge in [-0.05, 0) is 73.5 Å². The van der Waals surface area contributed by atoms with Crippen LogP contribution in [0, 0.1) is 0 Å². The largest absolute Gasteiger partial charge is 0.465 e. The van der Waals surface area contributed by atoms with Gasteiger partial charge in [0.25, 0.3) is 0 Å². The van der Waals surface area contributed by atoms with Crippen LogP contribution < -0.4 is 10.1 Å². The minimum Gasteiger partial charge on any atom is -0.465 e. The third-order valence-corrected chi connectivity index (χ3v) is 5.67. The number of esters is 1. The zero-order valence-corrected chi connectivity index (χ0v) is 18.6. The van der Waals surface area contributed by atoms with Crippen LogP contribution in [0.5, 0.6) is 11.5 Å². The Bertz CT molecular complexity index is 1070. The standard InChI is InChI=1S/C26H27N3O4/c1-32-26(31)20-9-7-19(8-10-20)18-29-16-3-2-6-24(29)25(30)28-21-11-13-22(14-12-21)33-23-5-4-15-27-17-23/h4-5,7-15,17,24H,2-3,6,16,18H2,1H3,(H,28,30)/t24-/m0/s1. The highest BCUT2D eigenvalue weighted by Crippen LogP contribution is 2.24. The van der Waals surface area contributed by atoms with E-state index in [1.165, 1.54) is 7.11 Å². The second-order valence-corrected chi connectivity index (χ2v) is 7.97. The number of hydrogen-bond acceptors (Lipinski definition) is 6. The lowest BCUT2D eigenvalue weighted by Crippen LogP contribution is -2.46. The molecule has 1 aliphatic rings. The Labute approximate surface area is 193 Å². The molecule has 0 bridgehead atoms. The van der Waals surface area contributed by atoms with Gasteiger partial charge in [0.05, 0.1) is 24.9 Å². The quantitative estimate of drug-likeness (QED) is 0.533. The summed E-state index contributed by atoms with van der Waals surface area (Å²) in [7, 11) is 1.37. The smallest absolute Gasteiger partial charge is 0.337 e. The van der Waals surface area contributed by atoms with Gasteiger partial charge in [0.1, 0.15) is 11.5 Å². The van der Waals surface area contributed by atoms with E-state index in [0.29, 0.717) is 23.6 Å². The van der Waals surface area contributed by atoms with E-state index in [2.05, 4.69) is 15.2 Å². The zero-order chi connectivity index (χ0) is 23.0. The number of ether oxygens (including phenoxy) is 2. The predicted molar refractivity (Wildman–Crippen MR) is 125 cm³/mol. The average Bonchev–Trinajstić information content (AvgIpc) is 2.86. The van der Waals surface area contributed by atoms with Gasteiger partial charge in [-0.3, -0.25) is 14.7 Å². The summed E-state index contributed by atoms with van der Waals surface area (Å²) >= 11 is 0. The number of aromatic nitrogens is 1. The first-order valence-electron chi connectivity index (χ1n) is 11.0. The highest BCUT2D eigenvalue weighted by atomic mass is 16.5. The summed E-state index contributed by atoms with van der Waals surface area (Å²) in [5.74, 6) is 0.970. The van der Waals surface area contributed by atoms with Crippen LogP contribution in [0.25, 0.3) is 0 Å². The van der Waals surface area contributed by atoms with Crippen LogP contribution in [0.1, 0.15) is 35.2 Å². The van der Waals surface area contributed by atoms with Crippen molar-refractivity contribution >= 4 is 17.6 Å². The lowest BCUT2D eigenvalue weighted by atomic mass is 10.00. The van der Waals surface area contributed by atoms with Crippen molar-refractivity contribution in [3.8, 4) is 11.5 Å². The number of nitrogens with one attached hydrogen (secondary N) is 1. The monoisotopic (exact) mass is 445 g/mol. The van der Waals surface area contributed by atoms with Crippen molar-refractivity contribution in [3.05, 3.63) is 84.2 Å². The molecule has 0 radical (unpaired) electrons. The number of amides is 1. The van der Waals surface area contributed by atoms with Crippen molar-refractivity contribution < 1.29 is 19.1 Å². The maximum Gasteiger partial charge on any atom is 0.337 e. The highest BCUT2D eigenvalue weighted by molar-refractivity contribution is 5.95. The molecule has 1 fully saturated rings. The second-order valence-electron chi connectivity index (χ2n) is 7.97. The number of benzene rings is 2. The summed E-state index contributed by atoms with van der Waals surface area (Å²) in [6.07, 6.45) is 6.24. The number of likely N-dealkylation sites (tertiary alicyclic amines) is 1. The Morgan fingerprint density at radius 1 is 1.03 bits per heavy atom. The van der Waals surface area contributed by atoms with Crippen molar-refractivity contribution in [2.75, 3.05) is 19.0 Å². The van der Waals surface area contributed by atoms with Gasteiger partial charge < -0.3 is 14.8 Å². The van der Waals surface area contributed by atoms with Crippen LogP contribution in [0.2, 0.25) is 0 Å². The molecular weight excluding hydrogens is 418 g/mol. The van der Waals surface area contributed by atoms with Gasteiger partial charge in [-0.25, -0.2) is 4.79 Å². The number of carbonyl (C=O) groups is 2. The predicted octanol–water partition coefficient (Wildman–Crippen LogP) is 4.65. The first-order valence-corrected chi connectivity index (χ1v) is 11.0. The topological polar surface area (TPSA) is 80.8 Å². The molecule has 0 unspecified atom stereocenters. The van der Waals surface area contributed by atoms with Crippen LogP contribution in [0.4, 0.5) is 5.69 Å². The van der Waals surface area contributed by atoms with Gasteiger partial charge in [-0.2, -0.15) is 0 Å². The SMILES string of the molecule is COC(=O)c1ccc(CN2CCCC[C@H]2C(=O)Nc2ccc(Oc3cccnc3)cc2)cc1. The summed E-state index contributed by atoms with van der Waals surface area (Å²) in [4.78, 5) is 31.0. The van der Waals surface area contributed by atoms with Crippen LogP contribution in [0.3, 0.4) is 0 Å². The van der Waals surface area contributed by atoms with Crippen LogP contribution in [-0.4, -0.2) is 41.5 Å². The number of anilines is 1. The Hall–Kier alpha value is -3.71. The number of methoxy groups -OCH3 is 1. The normalized spacial score (nSPS) is 16.1. The summed E-state index contributed by atoms with van der Waals surface area (Å²) in [6.45, 7) is 1.51. The first-order chi connectivity index (χ1) is 16.1. The molecular formula is C26H27N3O4. The summed E-state index contributed by atoms with van der Waals surface area (Å²) in [5, 5.41) is 3.04. The number of pyridine rings is 1. The second kappa shape index (κ2) is 10.7. The van der Waals surface area contributed by atoms with E-state index in [0.717, 1.165) is 37.1 Å². The number of piperidine rings is 1. The lowest BCUT2D eigenvalue weighted by Gasteiger charge is -2.34. The summed E-state index contributed by atoms with van der Waals surface area (Å²) < 4.78 is 10.5. The fraction of sp³-hybridized carbons (Fsp3) is 0.269. The molecule has 2 aromatic carbocycles. The molecule has 7 heteroatoms. The van der Waals surface area contributed by atoms with Gasteiger partial charge in [-0.15, -0.1) is 0 Å². The molecule has 1 atom stereocenters. The Morgan fingerprint density at radius 3 is 2.52 bits per heavy atom. The fourth-order valence-corrected chi connectivity index (χ4v) is 3.95. The van der Waals surface area contributed by atoms with Crippen molar-refractivity contribution in [3.63, 3.8) is 0 Å². The molecule has 1 aromatic heterocycles. The molecule has 4 rings (SSSR count). The Kier molecular flexibility index (Phi) is 7.32. The molecule has 33 heavy (non-hydrogen) atoms. The molecule has 7 nitrogen and oxygen atoms in total. The van der Waals surface area contributed by atoms with Crippen molar-refractivity contribution in [1.82, 2.24) is 9.88 Å². The third-order valence-electron chi connectivity index (χ3n) is 5.67. The van der Waals surface area contributed by atoms with Crippen LogP contribution in [-0.2, 0) is 16.1 Å². The Morgan fingerprint density at radius 2 is 1.82 bits per heavy atom. The number of nitrogens with zero attached hydrogens (tertiary/aromatic N) is 2. The Balaban J connectivity index is 1.37. The maximum atomic E-state index is 13.1. The minimum absolute atomic E-state index is 0.0122. The highest BCUT2D eigenvalue weighted by Gasteiger charge is 2.28.